The molecule has 0 saturated carbocycles. The molecular formula is C16H19N5O2. The fraction of sp³-hybridized carbons (Fsp3) is 0.312. The van der Waals surface area contributed by atoms with Crippen LogP contribution in [-0.2, 0) is 24.9 Å². The Balaban J connectivity index is 1.60. The third-order valence-corrected chi connectivity index (χ3v) is 3.69. The van der Waals surface area contributed by atoms with E-state index < -0.39 is 0 Å². The Morgan fingerprint density at radius 3 is 2.65 bits per heavy atom. The quantitative estimate of drug-likeness (QED) is 0.773. The molecule has 0 aliphatic heterocycles. The van der Waals surface area contributed by atoms with E-state index in [9.17, 15) is 4.79 Å². The molecule has 0 spiro atoms. The molecule has 0 bridgehead atoms. The molecule has 0 saturated heterocycles. The van der Waals surface area contributed by atoms with E-state index in [0.717, 1.165) is 28.0 Å². The van der Waals surface area contributed by atoms with Gasteiger partial charge in [-0.1, -0.05) is 12.1 Å². The van der Waals surface area contributed by atoms with Crippen LogP contribution in [0.4, 0.5) is 0 Å². The van der Waals surface area contributed by atoms with Crippen LogP contribution in [0.1, 0.15) is 11.3 Å². The van der Waals surface area contributed by atoms with Gasteiger partial charge in [0.15, 0.2) is 0 Å². The van der Waals surface area contributed by atoms with Crippen molar-refractivity contribution in [2.45, 2.75) is 20.0 Å². The number of fused-ring (bicyclic) bond motifs is 1. The second-order valence-corrected chi connectivity index (χ2v) is 5.39. The Hall–Kier alpha value is -2.83. The highest BCUT2D eigenvalue weighted by Gasteiger charge is 2.11. The lowest BCUT2D eigenvalue weighted by Gasteiger charge is -2.06. The zero-order valence-corrected chi connectivity index (χ0v) is 13.4. The standard InChI is InChI=1S/C16H19N5O2/c1-11-16-14(20(2)18-11)9-21(19-16)10-15(22)17-8-12-4-6-13(23-3)7-5-12/h4-7,9H,8,10H2,1-3H3,(H,17,22). The van der Waals surface area contributed by atoms with E-state index >= 15 is 0 Å². The number of carbonyl (C=O) groups is 1. The fourth-order valence-corrected chi connectivity index (χ4v) is 2.46. The van der Waals surface area contributed by atoms with Gasteiger partial charge in [-0.2, -0.15) is 10.2 Å². The van der Waals surface area contributed by atoms with Crippen LogP contribution in [-0.4, -0.2) is 32.6 Å². The third-order valence-electron chi connectivity index (χ3n) is 3.69. The number of methoxy groups -OCH3 is 1. The van der Waals surface area contributed by atoms with Gasteiger partial charge in [0.1, 0.15) is 23.3 Å². The van der Waals surface area contributed by atoms with E-state index in [2.05, 4.69) is 15.5 Å². The van der Waals surface area contributed by atoms with Gasteiger partial charge in [-0.25, -0.2) is 0 Å². The van der Waals surface area contributed by atoms with Crippen LogP contribution in [0.3, 0.4) is 0 Å². The molecule has 120 valence electrons. The molecule has 0 atom stereocenters. The van der Waals surface area contributed by atoms with Gasteiger partial charge < -0.3 is 10.1 Å². The van der Waals surface area contributed by atoms with Crippen molar-refractivity contribution in [1.29, 1.82) is 0 Å². The van der Waals surface area contributed by atoms with Gasteiger partial charge in [-0.05, 0) is 24.6 Å². The molecule has 0 fully saturated rings. The van der Waals surface area contributed by atoms with Crippen LogP contribution in [0.5, 0.6) is 5.75 Å². The Kier molecular flexibility index (Phi) is 4.01. The molecule has 23 heavy (non-hydrogen) atoms. The molecule has 0 aliphatic carbocycles. The first-order valence-corrected chi connectivity index (χ1v) is 7.33. The number of ether oxygens (including phenoxy) is 1. The van der Waals surface area contributed by atoms with Gasteiger partial charge in [0.2, 0.25) is 5.91 Å². The number of aryl methyl sites for hydroxylation is 2. The summed E-state index contributed by atoms with van der Waals surface area (Å²) in [6.45, 7) is 2.57. The zero-order valence-electron chi connectivity index (χ0n) is 13.4. The lowest BCUT2D eigenvalue weighted by atomic mass is 10.2. The number of aromatic nitrogens is 4. The van der Waals surface area contributed by atoms with Crippen molar-refractivity contribution in [3.63, 3.8) is 0 Å². The lowest BCUT2D eigenvalue weighted by molar-refractivity contribution is -0.122. The summed E-state index contributed by atoms with van der Waals surface area (Å²) >= 11 is 0. The van der Waals surface area contributed by atoms with Gasteiger partial charge in [0.05, 0.1) is 19.0 Å². The highest BCUT2D eigenvalue weighted by Crippen LogP contribution is 2.14. The van der Waals surface area contributed by atoms with E-state index in [1.54, 1.807) is 16.5 Å². The predicted molar refractivity (Wildman–Crippen MR) is 86.1 cm³/mol. The maximum Gasteiger partial charge on any atom is 0.241 e. The molecule has 0 aliphatic rings. The lowest BCUT2D eigenvalue weighted by Crippen LogP contribution is -2.27. The molecule has 1 amide bonds. The van der Waals surface area contributed by atoms with Crippen LogP contribution >= 0.6 is 0 Å². The van der Waals surface area contributed by atoms with E-state index in [1.807, 2.05) is 44.4 Å². The zero-order chi connectivity index (χ0) is 16.4. The van der Waals surface area contributed by atoms with E-state index in [0.29, 0.717) is 6.54 Å². The third kappa shape index (κ3) is 3.18. The van der Waals surface area contributed by atoms with Crippen molar-refractivity contribution < 1.29 is 9.53 Å². The summed E-state index contributed by atoms with van der Waals surface area (Å²) in [7, 11) is 3.49. The number of hydrogen-bond acceptors (Lipinski definition) is 4. The number of hydrogen-bond donors (Lipinski definition) is 1. The molecule has 1 N–H and O–H groups in total. The van der Waals surface area contributed by atoms with Gasteiger partial charge >= 0.3 is 0 Å². The summed E-state index contributed by atoms with van der Waals surface area (Å²) in [4.78, 5) is 12.1. The number of nitrogens with one attached hydrogen (secondary N) is 1. The molecule has 1 aromatic carbocycles. The van der Waals surface area contributed by atoms with Crippen molar-refractivity contribution in [3.05, 3.63) is 41.7 Å². The minimum atomic E-state index is -0.0840. The molecule has 7 nitrogen and oxygen atoms in total. The Labute approximate surface area is 133 Å². The minimum absolute atomic E-state index is 0.0840. The summed E-state index contributed by atoms with van der Waals surface area (Å²) in [6, 6.07) is 7.60. The first kappa shape index (κ1) is 15.1. The minimum Gasteiger partial charge on any atom is -0.497 e. The van der Waals surface area contributed by atoms with E-state index in [1.165, 1.54) is 0 Å². The predicted octanol–water partition coefficient (Wildman–Crippen LogP) is 1.40. The number of nitrogens with zero attached hydrogens (tertiary/aromatic N) is 4. The van der Waals surface area contributed by atoms with Crippen LogP contribution in [0, 0.1) is 6.92 Å². The van der Waals surface area contributed by atoms with Crippen molar-refractivity contribution in [3.8, 4) is 5.75 Å². The Bertz CT molecular complexity index is 798. The largest absolute Gasteiger partial charge is 0.497 e. The summed E-state index contributed by atoms with van der Waals surface area (Å²) in [5.41, 5.74) is 3.63. The fourth-order valence-electron chi connectivity index (χ4n) is 2.46. The highest BCUT2D eigenvalue weighted by atomic mass is 16.5. The molecule has 7 heteroatoms. The summed E-state index contributed by atoms with van der Waals surface area (Å²) in [5.74, 6) is 0.714. The van der Waals surface area contributed by atoms with Gasteiger partial charge in [0, 0.05) is 13.6 Å². The summed E-state index contributed by atoms with van der Waals surface area (Å²) < 4.78 is 8.52. The van der Waals surface area contributed by atoms with Crippen LogP contribution in [0.25, 0.3) is 11.0 Å². The second kappa shape index (κ2) is 6.12. The van der Waals surface area contributed by atoms with Gasteiger partial charge in [-0.15, -0.1) is 0 Å². The molecule has 0 unspecified atom stereocenters. The van der Waals surface area contributed by atoms with E-state index in [4.69, 9.17) is 4.74 Å². The molecule has 3 rings (SSSR count). The van der Waals surface area contributed by atoms with Gasteiger partial charge in [-0.3, -0.25) is 14.2 Å². The van der Waals surface area contributed by atoms with E-state index in [-0.39, 0.29) is 12.5 Å². The average molecular weight is 313 g/mol. The SMILES string of the molecule is COc1ccc(CNC(=O)Cn2cc3c(n2)c(C)nn3C)cc1. The average Bonchev–Trinajstić information content (AvgIpc) is 3.07. The monoisotopic (exact) mass is 313 g/mol. The topological polar surface area (TPSA) is 74.0 Å². The molecular weight excluding hydrogens is 294 g/mol. The van der Waals surface area contributed by atoms with Crippen molar-refractivity contribution in [1.82, 2.24) is 24.9 Å². The number of benzene rings is 1. The normalized spacial score (nSPS) is 10.9. The molecule has 0 radical (unpaired) electrons. The highest BCUT2D eigenvalue weighted by molar-refractivity contribution is 5.79. The van der Waals surface area contributed by atoms with Crippen molar-refractivity contribution >= 4 is 16.9 Å². The molecule has 3 aromatic rings. The van der Waals surface area contributed by atoms with Crippen molar-refractivity contribution in [2.75, 3.05) is 7.11 Å². The Morgan fingerprint density at radius 2 is 2.00 bits per heavy atom. The Morgan fingerprint density at radius 1 is 1.26 bits per heavy atom. The van der Waals surface area contributed by atoms with Crippen LogP contribution in [0.15, 0.2) is 30.5 Å². The first-order valence-electron chi connectivity index (χ1n) is 7.33. The number of carbonyl (C=O) groups excluding carboxylic acids is 1. The van der Waals surface area contributed by atoms with Crippen LogP contribution < -0.4 is 10.1 Å². The smallest absolute Gasteiger partial charge is 0.241 e. The summed E-state index contributed by atoms with van der Waals surface area (Å²) in [5, 5.41) is 11.6. The number of rotatable bonds is 5. The molecule has 2 aromatic heterocycles. The summed E-state index contributed by atoms with van der Waals surface area (Å²) in [6.07, 6.45) is 1.84. The maximum absolute atomic E-state index is 12.1. The maximum atomic E-state index is 12.1. The van der Waals surface area contributed by atoms with Crippen molar-refractivity contribution in [2.24, 2.45) is 7.05 Å². The first-order chi connectivity index (χ1) is 11.1. The number of amides is 1. The molecule has 2 heterocycles. The van der Waals surface area contributed by atoms with Crippen LogP contribution in [0.2, 0.25) is 0 Å². The van der Waals surface area contributed by atoms with Gasteiger partial charge in [0.25, 0.3) is 0 Å². The second-order valence-electron chi connectivity index (χ2n) is 5.39.